The first-order chi connectivity index (χ1) is 13.7. The highest BCUT2D eigenvalue weighted by Crippen LogP contribution is 2.36. The van der Waals surface area contributed by atoms with Crippen LogP contribution in [0.15, 0.2) is 54.4 Å². The monoisotopic (exact) mass is 379 g/mol. The van der Waals surface area contributed by atoms with Crippen LogP contribution >= 0.6 is 0 Å². The normalized spacial score (nSPS) is 17.5. The van der Waals surface area contributed by atoms with Gasteiger partial charge in [-0.1, -0.05) is 24.3 Å². The number of nitrogens with zero attached hydrogens (tertiary/aromatic N) is 3. The Morgan fingerprint density at radius 1 is 1.04 bits per heavy atom. The van der Waals surface area contributed by atoms with Crippen LogP contribution in [0.1, 0.15) is 11.3 Å². The van der Waals surface area contributed by atoms with Gasteiger partial charge in [-0.05, 0) is 18.2 Å². The molecule has 0 radical (unpaired) electrons. The molecule has 7 heteroatoms. The smallest absolute Gasteiger partial charge is 0.278 e. The van der Waals surface area contributed by atoms with Crippen molar-refractivity contribution >= 4 is 17.4 Å². The summed E-state index contributed by atoms with van der Waals surface area (Å²) >= 11 is 0. The second-order valence-corrected chi connectivity index (χ2v) is 6.54. The van der Waals surface area contributed by atoms with Gasteiger partial charge in [0.05, 0.1) is 38.1 Å². The van der Waals surface area contributed by atoms with E-state index in [1.54, 1.807) is 31.5 Å². The van der Waals surface area contributed by atoms with Crippen molar-refractivity contribution in [3.8, 4) is 5.75 Å². The van der Waals surface area contributed by atoms with Gasteiger partial charge in [-0.15, -0.1) is 0 Å². The second-order valence-electron chi connectivity index (χ2n) is 6.54. The van der Waals surface area contributed by atoms with E-state index in [1.807, 2.05) is 29.2 Å². The quantitative estimate of drug-likeness (QED) is 0.737. The molecule has 0 saturated carbocycles. The van der Waals surface area contributed by atoms with Gasteiger partial charge in [0.2, 0.25) is 0 Å². The van der Waals surface area contributed by atoms with Crippen molar-refractivity contribution in [1.82, 2.24) is 14.8 Å². The van der Waals surface area contributed by atoms with Crippen LogP contribution in [0.3, 0.4) is 0 Å². The Labute approximate surface area is 163 Å². The highest BCUT2D eigenvalue weighted by Gasteiger charge is 2.42. The third-order valence-electron chi connectivity index (χ3n) is 4.89. The van der Waals surface area contributed by atoms with Crippen LogP contribution < -0.4 is 4.74 Å². The van der Waals surface area contributed by atoms with Crippen molar-refractivity contribution in [3.05, 3.63) is 65.6 Å². The lowest BCUT2D eigenvalue weighted by molar-refractivity contribution is -0.138. The number of hydrogen-bond acceptors (Lipinski definition) is 6. The van der Waals surface area contributed by atoms with Crippen molar-refractivity contribution in [3.63, 3.8) is 0 Å². The van der Waals surface area contributed by atoms with Gasteiger partial charge in [0.25, 0.3) is 11.8 Å². The maximum atomic E-state index is 13.3. The standard InChI is InChI=1S/C21H21N3O4/c1-27-17-8-3-2-7-16(17)18-19(23-10-12-28-13-11-23)21(26)24(20(18)25)14-15-6-4-5-9-22-15/h2-9H,10-14H2,1H3. The molecule has 0 spiro atoms. The molecule has 0 N–H and O–H groups in total. The number of imide groups is 1. The molecule has 4 rings (SSSR count). The number of hydrogen-bond donors (Lipinski definition) is 0. The maximum Gasteiger partial charge on any atom is 0.278 e. The van der Waals surface area contributed by atoms with Gasteiger partial charge in [0, 0.05) is 24.8 Å². The van der Waals surface area contributed by atoms with E-state index in [0.717, 1.165) is 0 Å². The molecule has 144 valence electrons. The van der Waals surface area contributed by atoms with Crippen LogP contribution in [0, 0.1) is 0 Å². The lowest BCUT2D eigenvalue weighted by Gasteiger charge is -2.29. The molecule has 1 fully saturated rings. The Balaban J connectivity index is 1.78. The molecule has 7 nitrogen and oxygen atoms in total. The molecule has 3 heterocycles. The summed E-state index contributed by atoms with van der Waals surface area (Å²) in [5.41, 5.74) is 2.06. The van der Waals surface area contributed by atoms with E-state index in [1.165, 1.54) is 4.90 Å². The largest absolute Gasteiger partial charge is 0.496 e. The number of morpholine rings is 1. The first-order valence-corrected chi connectivity index (χ1v) is 9.17. The van der Waals surface area contributed by atoms with Crippen LogP contribution in [0.25, 0.3) is 5.57 Å². The Bertz CT molecular complexity index is 920. The number of amides is 2. The SMILES string of the molecule is COc1ccccc1C1=C(N2CCOCC2)C(=O)N(Cc2ccccn2)C1=O. The molecule has 1 aromatic carbocycles. The second kappa shape index (κ2) is 7.82. The van der Waals surface area contributed by atoms with Crippen LogP contribution in [0.5, 0.6) is 5.75 Å². The highest BCUT2D eigenvalue weighted by molar-refractivity contribution is 6.35. The third-order valence-corrected chi connectivity index (χ3v) is 4.89. The molecular formula is C21H21N3O4. The fourth-order valence-corrected chi connectivity index (χ4v) is 3.53. The van der Waals surface area contributed by atoms with Crippen LogP contribution in [0.4, 0.5) is 0 Å². The molecule has 0 bridgehead atoms. The Morgan fingerprint density at radius 2 is 1.79 bits per heavy atom. The fourth-order valence-electron chi connectivity index (χ4n) is 3.53. The summed E-state index contributed by atoms with van der Waals surface area (Å²) in [6.45, 7) is 2.29. The van der Waals surface area contributed by atoms with Gasteiger partial charge < -0.3 is 14.4 Å². The Morgan fingerprint density at radius 3 is 2.50 bits per heavy atom. The Hall–Kier alpha value is -3.19. The summed E-state index contributed by atoms with van der Waals surface area (Å²) in [5.74, 6) is -0.0794. The number of carbonyl (C=O) groups is 2. The summed E-state index contributed by atoms with van der Waals surface area (Å²) in [4.78, 5) is 34.1. The minimum atomic E-state index is -0.332. The summed E-state index contributed by atoms with van der Waals surface area (Å²) in [6.07, 6.45) is 1.65. The summed E-state index contributed by atoms with van der Waals surface area (Å²) in [7, 11) is 1.56. The first kappa shape index (κ1) is 18.2. The minimum Gasteiger partial charge on any atom is -0.496 e. The van der Waals surface area contributed by atoms with Crippen LogP contribution in [-0.4, -0.2) is 60.0 Å². The van der Waals surface area contributed by atoms with Gasteiger partial charge in [0.15, 0.2) is 0 Å². The fraction of sp³-hybridized carbons (Fsp3) is 0.286. The number of aromatic nitrogens is 1. The van der Waals surface area contributed by atoms with Gasteiger partial charge in [-0.3, -0.25) is 19.5 Å². The highest BCUT2D eigenvalue weighted by atomic mass is 16.5. The van der Waals surface area contributed by atoms with E-state index in [0.29, 0.717) is 54.6 Å². The van der Waals surface area contributed by atoms with Crippen molar-refractivity contribution in [2.45, 2.75) is 6.54 Å². The number of ether oxygens (including phenoxy) is 2. The number of carbonyl (C=O) groups excluding carboxylic acids is 2. The van der Waals surface area contributed by atoms with Crippen molar-refractivity contribution in [2.75, 3.05) is 33.4 Å². The molecule has 2 aliphatic heterocycles. The summed E-state index contributed by atoms with van der Waals surface area (Å²) < 4.78 is 10.9. The number of rotatable bonds is 5. The summed E-state index contributed by atoms with van der Waals surface area (Å²) in [6, 6.07) is 12.7. The lowest BCUT2D eigenvalue weighted by Crippen LogP contribution is -2.40. The third kappa shape index (κ3) is 3.25. The molecule has 1 aromatic heterocycles. The molecule has 0 atom stereocenters. The topological polar surface area (TPSA) is 72.0 Å². The molecule has 2 aromatic rings. The molecule has 1 saturated heterocycles. The van der Waals surface area contributed by atoms with E-state index < -0.39 is 0 Å². The number of para-hydroxylation sites is 1. The molecule has 2 amide bonds. The van der Waals surface area contributed by atoms with Crippen LogP contribution in [0.2, 0.25) is 0 Å². The predicted molar refractivity (Wildman–Crippen MR) is 102 cm³/mol. The lowest BCUT2D eigenvalue weighted by atomic mass is 10.0. The number of methoxy groups -OCH3 is 1. The van der Waals surface area contributed by atoms with Crippen LogP contribution in [-0.2, 0) is 20.9 Å². The van der Waals surface area contributed by atoms with E-state index >= 15 is 0 Å². The van der Waals surface area contributed by atoms with Gasteiger partial charge in [-0.25, -0.2) is 0 Å². The zero-order chi connectivity index (χ0) is 19.5. The van der Waals surface area contributed by atoms with E-state index in [2.05, 4.69) is 4.98 Å². The predicted octanol–water partition coefficient (Wildman–Crippen LogP) is 1.70. The molecule has 0 aliphatic carbocycles. The minimum absolute atomic E-state index is 0.130. The molecule has 2 aliphatic rings. The van der Waals surface area contributed by atoms with Crippen molar-refractivity contribution < 1.29 is 19.1 Å². The molecular weight excluding hydrogens is 358 g/mol. The van der Waals surface area contributed by atoms with Gasteiger partial charge in [0.1, 0.15) is 11.4 Å². The van der Waals surface area contributed by atoms with E-state index in [4.69, 9.17) is 9.47 Å². The maximum absolute atomic E-state index is 13.3. The zero-order valence-electron chi connectivity index (χ0n) is 15.6. The average molecular weight is 379 g/mol. The average Bonchev–Trinajstić information content (AvgIpc) is 2.99. The number of benzene rings is 1. The van der Waals surface area contributed by atoms with E-state index in [9.17, 15) is 9.59 Å². The first-order valence-electron chi connectivity index (χ1n) is 9.17. The van der Waals surface area contributed by atoms with E-state index in [-0.39, 0.29) is 18.4 Å². The summed E-state index contributed by atoms with van der Waals surface area (Å²) in [5, 5.41) is 0. The van der Waals surface area contributed by atoms with Gasteiger partial charge in [-0.2, -0.15) is 0 Å². The van der Waals surface area contributed by atoms with Gasteiger partial charge >= 0.3 is 0 Å². The molecule has 0 unspecified atom stereocenters. The Kier molecular flexibility index (Phi) is 5.08. The van der Waals surface area contributed by atoms with Crippen molar-refractivity contribution in [1.29, 1.82) is 0 Å². The zero-order valence-corrected chi connectivity index (χ0v) is 15.6. The molecule has 28 heavy (non-hydrogen) atoms. The number of pyridine rings is 1. The van der Waals surface area contributed by atoms with Crippen molar-refractivity contribution in [2.24, 2.45) is 0 Å².